The van der Waals surface area contributed by atoms with Gasteiger partial charge in [0.15, 0.2) is 6.61 Å². The van der Waals surface area contributed by atoms with Crippen LogP contribution in [0, 0.1) is 27.7 Å². The first kappa shape index (κ1) is 23.5. The average Bonchev–Trinajstić information content (AvgIpc) is 2.67. The van der Waals surface area contributed by atoms with Gasteiger partial charge in [-0.25, -0.2) is 0 Å². The summed E-state index contributed by atoms with van der Waals surface area (Å²) < 4.78 is 5.90. The monoisotopic (exact) mass is 410 g/mol. The summed E-state index contributed by atoms with van der Waals surface area (Å²) in [6, 6.07) is 11.3. The minimum absolute atomic E-state index is 0.00420. The molecule has 0 saturated heterocycles. The number of rotatable bonds is 8. The van der Waals surface area contributed by atoms with Crippen LogP contribution in [-0.4, -0.2) is 35.4 Å². The predicted octanol–water partition coefficient (Wildman–Crippen LogP) is 4.24. The second kappa shape index (κ2) is 10.3. The van der Waals surface area contributed by atoms with Gasteiger partial charge in [-0.2, -0.15) is 0 Å². The molecule has 2 aromatic carbocycles. The van der Waals surface area contributed by atoms with Crippen LogP contribution in [0.25, 0.3) is 0 Å². The number of amides is 2. The van der Waals surface area contributed by atoms with Crippen molar-refractivity contribution in [3.05, 3.63) is 64.2 Å². The van der Waals surface area contributed by atoms with Crippen molar-refractivity contribution < 1.29 is 14.3 Å². The first-order valence-electron chi connectivity index (χ1n) is 10.4. The highest BCUT2D eigenvalue weighted by Crippen LogP contribution is 2.23. The molecule has 0 bridgehead atoms. The number of carbonyl (C=O) groups is 2. The van der Waals surface area contributed by atoms with E-state index in [1.165, 1.54) is 0 Å². The first-order chi connectivity index (χ1) is 14.1. The largest absolute Gasteiger partial charge is 0.483 e. The summed E-state index contributed by atoms with van der Waals surface area (Å²) in [6.45, 7) is 13.8. The molecule has 0 fully saturated rings. The van der Waals surface area contributed by atoms with Gasteiger partial charge in [-0.1, -0.05) is 30.3 Å². The molecule has 0 spiro atoms. The maximum absolute atomic E-state index is 13.2. The van der Waals surface area contributed by atoms with E-state index in [1.54, 1.807) is 11.8 Å². The fraction of sp³-hybridized carbons (Fsp3) is 0.440. The van der Waals surface area contributed by atoms with Gasteiger partial charge in [0, 0.05) is 12.6 Å². The van der Waals surface area contributed by atoms with Crippen LogP contribution < -0.4 is 10.1 Å². The summed E-state index contributed by atoms with van der Waals surface area (Å²) in [5.41, 5.74) is 5.32. The Kier molecular flexibility index (Phi) is 8.04. The second-order valence-corrected chi connectivity index (χ2v) is 8.28. The molecule has 0 saturated carbocycles. The van der Waals surface area contributed by atoms with Gasteiger partial charge in [0.05, 0.1) is 0 Å². The Balaban J connectivity index is 2.23. The average molecular weight is 411 g/mol. The summed E-state index contributed by atoms with van der Waals surface area (Å²) in [5.74, 6) is 0.314. The quantitative estimate of drug-likeness (QED) is 0.708. The second-order valence-electron chi connectivity index (χ2n) is 8.28. The van der Waals surface area contributed by atoms with Crippen LogP contribution in [0.3, 0.4) is 0 Å². The van der Waals surface area contributed by atoms with Gasteiger partial charge in [-0.3, -0.25) is 9.59 Å². The highest BCUT2D eigenvalue weighted by atomic mass is 16.5. The van der Waals surface area contributed by atoms with Crippen molar-refractivity contribution in [1.82, 2.24) is 10.2 Å². The molecule has 162 valence electrons. The third kappa shape index (κ3) is 6.09. The number of aryl methyl sites for hydroxylation is 3. The van der Waals surface area contributed by atoms with E-state index < -0.39 is 6.04 Å². The highest BCUT2D eigenvalue weighted by Gasteiger charge is 2.27. The molecular formula is C25H34N2O3. The number of nitrogens with one attached hydrogen (secondary N) is 1. The molecule has 2 amide bonds. The lowest BCUT2D eigenvalue weighted by Crippen LogP contribution is -2.50. The van der Waals surface area contributed by atoms with Crippen molar-refractivity contribution in [2.24, 2.45) is 0 Å². The van der Waals surface area contributed by atoms with Crippen molar-refractivity contribution in [1.29, 1.82) is 0 Å². The molecule has 5 nitrogen and oxygen atoms in total. The minimum Gasteiger partial charge on any atom is -0.483 e. The molecule has 0 unspecified atom stereocenters. The first-order valence-corrected chi connectivity index (χ1v) is 10.4. The van der Waals surface area contributed by atoms with Gasteiger partial charge < -0.3 is 15.0 Å². The lowest BCUT2D eigenvalue weighted by atomic mass is 10.1. The molecule has 0 aliphatic carbocycles. The van der Waals surface area contributed by atoms with Gasteiger partial charge in [-0.05, 0) is 82.3 Å². The molecule has 5 heteroatoms. The van der Waals surface area contributed by atoms with Gasteiger partial charge in [0.2, 0.25) is 5.91 Å². The Morgan fingerprint density at radius 1 is 1.00 bits per heavy atom. The van der Waals surface area contributed by atoms with Crippen LogP contribution >= 0.6 is 0 Å². The van der Waals surface area contributed by atoms with Gasteiger partial charge in [0.25, 0.3) is 5.91 Å². The molecular weight excluding hydrogens is 376 g/mol. The molecule has 0 aromatic heterocycles. The van der Waals surface area contributed by atoms with E-state index in [4.69, 9.17) is 4.74 Å². The minimum atomic E-state index is -0.608. The predicted molar refractivity (Wildman–Crippen MR) is 121 cm³/mol. The van der Waals surface area contributed by atoms with Crippen LogP contribution in [-0.2, 0) is 16.1 Å². The van der Waals surface area contributed by atoms with Gasteiger partial charge >= 0.3 is 0 Å². The van der Waals surface area contributed by atoms with Crippen molar-refractivity contribution in [3.8, 4) is 5.75 Å². The van der Waals surface area contributed by atoms with Crippen molar-refractivity contribution >= 4 is 11.8 Å². The van der Waals surface area contributed by atoms with Gasteiger partial charge in [-0.15, -0.1) is 0 Å². The zero-order valence-electron chi connectivity index (χ0n) is 19.2. The van der Waals surface area contributed by atoms with Crippen LogP contribution in [0.4, 0.5) is 0 Å². The zero-order chi connectivity index (χ0) is 22.4. The van der Waals surface area contributed by atoms with Crippen LogP contribution in [0.15, 0.2) is 36.4 Å². The van der Waals surface area contributed by atoms with Crippen LogP contribution in [0.1, 0.15) is 48.6 Å². The Labute approximate surface area is 180 Å². The molecule has 0 heterocycles. The Morgan fingerprint density at radius 2 is 1.67 bits per heavy atom. The van der Waals surface area contributed by atoms with Crippen molar-refractivity contribution in [2.75, 3.05) is 6.61 Å². The summed E-state index contributed by atoms with van der Waals surface area (Å²) in [7, 11) is 0. The number of hydrogen-bond acceptors (Lipinski definition) is 3. The van der Waals surface area contributed by atoms with E-state index >= 15 is 0 Å². The molecule has 0 aliphatic rings. The van der Waals surface area contributed by atoms with Crippen LogP contribution in [0.2, 0.25) is 0 Å². The normalized spacial score (nSPS) is 11.9. The fourth-order valence-corrected chi connectivity index (χ4v) is 3.33. The van der Waals surface area contributed by atoms with Crippen molar-refractivity contribution in [2.45, 2.75) is 67.1 Å². The number of ether oxygens (including phenoxy) is 1. The molecule has 0 aliphatic heterocycles. The topological polar surface area (TPSA) is 58.6 Å². The zero-order valence-corrected chi connectivity index (χ0v) is 19.2. The molecule has 2 rings (SSSR count). The smallest absolute Gasteiger partial charge is 0.261 e. The lowest BCUT2D eigenvalue weighted by Gasteiger charge is -2.30. The summed E-state index contributed by atoms with van der Waals surface area (Å²) in [5, 5.41) is 2.90. The summed E-state index contributed by atoms with van der Waals surface area (Å²) in [4.78, 5) is 27.4. The SMILES string of the molecule is Cc1cc(C)c(C)c(OCC(=O)N(Cc2ccccc2C)[C@@H](C)C(=O)NC(C)C)c1. The van der Waals surface area contributed by atoms with E-state index in [2.05, 4.69) is 11.4 Å². The molecule has 30 heavy (non-hydrogen) atoms. The summed E-state index contributed by atoms with van der Waals surface area (Å²) >= 11 is 0. The summed E-state index contributed by atoms with van der Waals surface area (Å²) in [6.07, 6.45) is 0. The van der Waals surface area contributed by atoms with Gasteiger partial charge in [0.1, 0.15) is 11.8 Å². The fourth-order valence-electron chi connectivity index (χ4n) is 3.33. The van der Waals surface area contributed by atoms with E-state index in [1.807, 2.05) is 71.9 Å². The standard InChI is InChI=1S/C25H34N2O3/c1-16(2)26-25(29)21(7)27(14-22-11-9-8-10-18(22)4)24(28)15-30-23-13-17(3)12-19(5)20(23)6/h8-13,16,21H,14-15H2,1-7H3,(H,26,29)/t21-/m0/s1. The third-order valence-electron chi connectivity index (χ3n) is 5.32. The lowest BCUT2D eigenvalue weighted by molar-refractivity contribution is -0.142. The Hall–Kier alpha value is -2.82. The number of nitrogens with zero attached hydrogens (tertiary/aromatic N) is 1. The van der Waals surface area contributed by atoms with Crippen LogP contribution in [0.5, 0.6) is 5.75 Å². The maximum atomic E-state index is 13.2. The molecule has 1 N–H and O–H groups in total. The van der Waals surface area contributed by atoms with E-state index in [0.717, 1.165) is 27.8 Å². The molecule has 2 aromatic rings. The number of carbonyl (C=O) groups excluding carboxylic acids is 2. The molecule has 1 atom stereocenters. The molecule has 0 radical (unpaired) electrons. The number of benzene rings is 2. The third-order valence-corrected chi connectivity index (χ3v) is 5.32. The van der Waals surface area contributed by atoms with E-state index in [0.29, 0.717) is 12.3 Å². The van der Waals surface area contributed by atoms with Crippen molar-refractivity contribution in [3.63, 3.8) is 0 Å². The maximum Gasteiger partial charge on any atom is 0.261 e. The Morgan fingerprint density at radius 3 is 2.30 bits per heavy atom. The van der Waals surface area contributed by atoms with E-state index in [9.17, 15) is 9.59 Å². The number of hydrogen-bond donors (Lipinski definition) is 1. The Bertz CT molecular complexity index is 905. The van der Waals surface area contributed by atoms with E-state index in [-0.39, 0.29) is 24.5 Å². The highest BCUT2D eigenvalue weighted by molar-refractivity contribution is 5.88.